The van der Waals surface area contributed by atoms with Crippen LogP contribution in [-0.2, 0) is 0 Å². The Morgan fingerprint density at radius 1 is 0.299 bits per heavy atom. The van der Waals surface area contributed by atoms with E-state index >= 15 is 0 Å². The quantitative estimate of drug-likeness (QED) is 0.118. The molecular weight excluding hydrogens is 951 g/mol. The molecule has 77 heavy (non-hydrogen) atoms. The first kappa shape index (κ1) is 44.7. The van der Waals surface area contributed by atoms with Gasteiger partial charge in [-0.15, -0.1) is 0 Å². The highest BCUT2D eigenvalue weighted by atomic mass is 28.3. The minimum atomic E-state index is -2.76. The average molecular weight is 1000 g/mol. The van der Waals surface area contributed by atoms with Crippen LogP contribution in [0.3, 0.4) is 0 Å². The Bertz CT molecular complexity index is 4700. The van der Waals surface area contributed by atoms with Crippen molar-refractivity contribution in [1.82, 2.24) is 24.1 Å². The number of aromatic nitrogens is 5. The molecule has 0 aliphatic heterocycles. The van der Waals surface area contributed by atoms with Crippen molar-refractivity contribution in [2.24, 2.45) is 0 Å². The van der Waals surface area contributed by atoms with Gasteiger partial charge in [-0.25, -0.2) is 15.0 Å². The largest absolute Gasteiger partial charge is 0.309 e. The first-order valence-corrected chi connectivity index (χ1v) is 28.4. The van der Waals surface area contributed by atoms with E-state index in [1.807, 2.05) is 0 Å². The lowest BCUT2D eigenvalue weighted by Gasteiger charge is -2.34. The van der Waals surface area contributed by atoms with Gasteiger partial charge < -0.3 is 9.13 Å². The second kappa shape index (κ2) is 17.7. The Morgan fingerprint density at radius 3 is 1.32 bits per heavy atom. The van der Waals surface area contributed by atoms with E-state index in [0.29, 0.717) is 17.1 Å². The van der Waals surface area contributed by atoms with Gasteiger partial charge in [0.25, 0.3) is 0 Å². The molecule has 0 aliphatic rings. The first-order chi connectivity index (χ1) is 38.0. The SMILES string of the molecule is Cc1ccc2c(c1)c1cc(C)ccc1n2-c1ccc2c3cc4cc(c5ccccc5c5nc(-c6ccc([Si](c7ccccc7)(c7ccccc7)c7ccccc7)cc6)nc(n5)c5ccccc45)c3n(-c3ccccc3)c2c1. The molecule has 4 bridgehead atoms. The molecule has 0 amide bonds. The van der Waals surface area contributed by atoms with Gasteiger partial charge in [0, 0.05) is 54.6 Å². The third kappa shape index (κ3) is 7.03. The van der Waals surface area contributed by atoms with E-state index in [0.717, 1.165) is 60.3 Å². The lowest BCUT2D eigenvalue weighted by Crippen LogP contribution is -2.74. The Labute approximate surface area is 446 Å². The molecular formula is C71H49N5Si. The summed E-state index contributed by atoms with van der Waals surface area (Å²) in [7, 11) is -2.76. The molecule has 0 radical (unpaired) electrons. The average Bonchev–Trinajstić information content (AvgIpc) is 4.15. The lowest BCUT2D eigenvalue weighted by molar-refractivity contribution is 1.16. The Kier molecular flexibility index (Phi) is 10.3. The summed E-state index contributed by atoms with van der Waals surface area (Å²) < 4.78 is 4.91. The molecule has 11 aromatic carbocycles. The fourth-order valence-corrected chi connectivity index (χ4v) is 17.3. The van der Waals surface area contributed by atoms with Crippen molar-refractivity contribution >= 4 is 116 Å². The van der Waals surface area contributed by atoms with Crippen LogP contribution in [0.25, 0.3) is 110 Å². The molecule has 0 saturated carbocycles. The predicted molar refractivity (Wildman–Crippen MR) is 326 cm³/mol. The van der Waals surface area contributed by atoms with Crippen LogP contribution in [0.1, 0.15) is 11.1 Å². The van der Waals surface area contributed by atoms with Crippen LogP contribution >= 0.6 is 0 Å². The van der Waals surface area contributed by atoms with Gasteiger partial charge in [0.15, 0.2) is 25.2 Å². The van der Waals surface area contributed by atoms with E-state index < -0.39 is 8.07 Å². The van der Waals surface area contributed by atoms with Crippen LogP contribution in [-0.4, -0.2) is 32.2 Å². The van der Waals surface area contributed by atoms with Crippen molar-refractivity contribution in [3.05, 3.63) is 272 Å². The van der Waals surface area contributed by atoms with Crippen molar-refractivity contribution in [3.8, 4) is 22.8 Å². The van der Waals surface area contributed by atoms with Crippen molar-refractivity contribution in [3.63, 3.8) is 0 Å². The van der Waals surface area contributed by atoms with Crippen molar-refractivity contribution < 1.29 is 0 Å². The maximum Gasteiger partial charge on any atom is 0.179 e. The molecule has 0 atom stereocenters. The van der Waals surface area contributed by atoms with Crippen LogP contribution < -0.4 is 20.7 Å². The maximum atomic E-state index is 5.45. The number of rotatable bonds is 7. The Balaban J connectivity index is 1.01. The molecule has 15 aromatic rings. The minimum absolute atomic E-state index is 0.628. The fraction of sp³-hybridized carbons (Fsp3) is 0.0282. The lowest BCUT2D eigenvalue weighted by atomic mass is 10.00. The second-order valence-electron chi connectivity index (χ2n) is 20.5. The molecule has 5 nitrogen and oxygen atoms in total. The molecule has 6 heteroatoms. The van der Waals surface area contributed by atoms with Gasteiger partial charge in [-0.1, -0.05) is 211 Å². The Morgan fingerprint density at radius 2 is 0.766 bits per heavy atom. The predicted octanol–water partition coefficient (Wildman–Crippen LogP) is 14.9. The van der Waals surface area contributed by atoms with E-state index in [-0.39, 0.29) is 0 Å². The van der Waals surface area contributed by atoms with Crippen LogP contribution in [0, 0.1) is 13.8 Å². The molecule has 0 fully saturated rings. The van der Waals surface area contributed by atoms with E-state index in [1.165, 1.54) is 64.5 Å². The summed E-state index contributed by atoms with van der Waals surface area (Å²) in [5.41, 5.74) is 11.5. The van der Waals surface area contributed by atoms with Gasteiger partial charge in [-0.3, -0.25) is 0 Å². The third-order valence-corrected chi connectivity index (χ3v) is 20.8. The number of para-hydroxylation sites is 1. The van der Waals surface area contributed by atoms with E-state index in [1.54, 1.807) is 0 Å². The molecule has 15 rings (SSSR count). The molecule has 0 N–H and O–H groups in total. The van der Waals surface area contributed by atoms with E-state index in [4.69, 9.17) is 15.0 Å². The summed E-state index contributed by atoms with van der Waals surface area (Å²) in [6.45, 7) is 4.36. The number of nitrogens with zero attached hydrogens (tertiary/aromatic N) is 5. The smallest absolute Gasteiger partial charge is 0.179 e. The number of benzene rings is 11. The first-order valence-electron chi connectivity index (χ1n) is 26.4. The molecule has 0 unspecified atom stereocenters. The van der Waals surface area contributed by atoms with E-state index in [2.05, 4.69) is 284 Å². The maximum absolute atomic E-state index is 5.45. The van der Waals surface area contributed by atoms with E-state index in [9.17, 15) is 0 Å². The van der Waals surface area contributed by atoms with Gasteiger partial charge in [0.1, 0.15) is 0 Å². The third-order valence-electron chi connectivity index (χ3n) is 16.0. The van der Waals surface area contributed by atoms with Gasteiger partial charge in [-0.05, 0) is 111 Å². The zero-order valence-corrected chi connectivity index (χ0v) is 43.6. The summed E-state index contributed by atoms with van der Waals surface area (Å²) in [6, 6.07) is 95.8. The molecule has 362 valence electrons. The Hall–Kier alpha value is -9.75. The highest BCUT2D eigenvalue weighted by Crippen LogP contribution is 2.42. The van der Waals surface area contributed by atoms with Gasteiger partial charge >= 0.3 is 0 Å². The summed E-state index contributed by atoms with van der Waals surface area (Å²) in [6.07, 6.45) is 0. The molecule has 4 heterocycles. The molecule has 0 saturated heterocycles. The van der Waals surface area contributed by atoms with Crippen LogP contribution in [0.15, 0.2) is 261 Å². The summed E-state index contributed by atoms with van der Waals surface area (Å²) in [4.78, 5) is 16.3. The standard InChI is InChI=1S/C71H49N5Si/c1-46-31-39-65-61(41-46)62-42-47(2)32-40-66(62)75(65)51-35-38-58-64-44-49-43-63(68(64)76(67(58)45-51)50-19-7-3-8-20-50)57-28-16-18-30-60(57)71-73-69(72-70(74-71)59-29-17-15-27-56(49)59)48-33-36-55(37-34-48)77(52-21-9-4-10-22-52,53-23-11-5-12-24-53)54-25-13-6-14-26-54/h3-45H,1-2H3. The second-order valence-corrected chi connectivity index (χ2v) is 24.3. The fourth-order valence-electron chi connectivity index (χ4n) is 12.5. The number of hydrogen-bond acceptors (Lipinski definition) is 3. The van der Waals surface area contributed by atoms with Crippen LogP contribution in [0.4, 0.5) is 0 Å². The number of aryl methyl sites for hydroxylation is 2. The van der Waals surface area contributed by atoms with Crippen molar-refractivity contribution in [2.45, 2.75) is 13.8 Å². The van der Waals surface area contributed by atoms with Crippen molar-refractivity contribution in [1.29, 1.82) is 0 Å². The molecule has 4 aromatic heterocycles. The monoisotopic (exact) mass is 999 g/mol. The topological polar surface area (TPSA) is 48.5 Å². The minimum Gasteiger partial charge on any atom is -0.309 e. The van der Waals surface area contributed by atoms with Gasteiger partial charge in [0.05, 0.1) is 22.1 Å². The van der Waals surface area contributed by atoms with Gasteiger partial charge in [0.2, 0.25) is 0 Å². The summed E-state index contributed by atoms with van der Waals surface area (Å²) >= 11 is 0. The van der Waals surface area contributed by atoms with Crippen LogP contribution in [0.5, 0.6) is 0 Å². The number of fused-ring (bicyclic) bond motifs is 17. The van der Waals surface area contributed by atoms with Gasteiger partial charge in [-0.2, -0.15) is 0 Å². The summed E-state index contributed by atoms with van der Waals surface area (Å²) in [5, 5.41) is 16.3. The zero-order chi connectivity index (χ0) is 51.2. The van der Waals surface area contributed by atoms with Crippen LogP contribution in [0.2, 0.25) is 0 Å². The molecule has 0 spiro atoms. The summed E-state index contributed by atoms with van der Waals surface area (Å²) in [5.74, 6) is 0.628. The molecule has 0 aliphatic carbocycles. The zero-order valence-electron chi connectivity index (χ0n) is 42.6. The number of hydrogen-bond donors (Lipinski definition) is 0. The normalized spacial score (nSPS) is 12.0. The highest BCUT2D eigenvalue weighted by Gasteiger charge is 2.41. The highest BCUT2D eigenvalue weighted by molar-refractivity contribution is 7.19. The van der Waals surface area contributed by atoms with Crippen molar-refractivity contribution in [2.75, 3.05) is 0 Å².